The van der Waals surface area contributed by atoms with Crippen LogP contribution in [-0.2, 0) is 11.3 Å². The number of aryl methyl sites for hydroxylation is 1. The summed E-state index contributed by atoms with van der Waals surface area (Å²) >= 11 is 2.73. The molecule has 2 aromatic heterocycles. The molecule has 4 rings (SSSR count). The van der Waals surface area contributed by atoms with Gasteiger partial charge in [0.05, 0.1) is 17.5 Å². The molecular formula is C28H30N6O2S2. The average molecular weight is 547 g/mol. The Kier molecular flexibility index (Phi) is 9.09. The van der Waals surface area contributed by atoms with Crippen molar-refractivity contribution in [3.05, 3.63) is 89.6 Å². The van der Waals surface area contributed by atoms with E-state index in [2.05, 4.69) is 32.4 Å². The van der Waals surface area contributed by atoms with E-state index in [0.717, 1.165) is 16.1 Å². The van der Waals surface area contributed by atoms with E-state index in [4.69, 9.17) is 0 Å². The third kappa shape index (κ3) is 6.56. The molecule has 10 heteroatoms. The van der Waals surface area contributed by atoms with Gasteiger partial charge in [-0.2, -0.15) is 0 Å². The fourth-order valence-corrected chi connectivity index (χ4v) is 5.49. The lowest BCUT2D eigenvalue weighted by Crippen LogP contribution is -2.33. The first-order chi connectivity index (χ1) is 18.4. The Morgan fingerprint density at radius 3 is 2.42 bits per heavy atom. The molecule has 0 saturated heterocycles. The van der Waals surface area contributed by atoms with Crippen LogP contribution in [0.4, 0.5) is 5.13 Å². The van der Waals surface area contributed by atoms with Crippen LogP contribution in [0.5, 0.6) is 0 Å². The zero-order chi connectivity index (χ0) is 27.1. The summed E-state index contributed by atoms with van der Waals surface area (Å²) in [6.45, 7) is 10.3. The van der Waals surface area contributed by atoms with Gasteiger partial charge in [0.2, 0.25) is 5.91 Å². The van der Waals surface area contributed by atoms with Gasteiger partial charge in [-0.05, 0) is 25.0 Å². The molecular weight excluding hydrogens is 516 g/mol. The van der Waals surface area contributed by atoms with E-state index in [-0.39, 0.29) is 29.5 Å². The topological polar surface area (TPSA) is 102 Å². The number of benzene rings is 2. The van der Waals surface area contributed by atoms with Gasteiger partial charge in [0.1, 0.15) is 0 Å². The van der Waals surface area contributed by atoms with Crippen LogP contribution in [0.25, 0.3) is 11.3 Å². The standard InChI is InChI=1S/C28H30N6O2S2/c1-5-16-34-25(23(18(2)3)30-26(36)21-14-10-7-11-15-21)32-33-28(34)37-17-22(35)29-27-31-24(19(4)38-27)20-12-8-6-9-13-20/h5-15,18,23H,1,16-17H2,2-4H3,(H,30,36)(H,29,31,35)/t23-/m0/s1. The zero-order valence-corrected chi connectivity index (χ0v) is 23.2. The van der Waals surface area contributed by atoms with Gasteiger partial charge in [-0.25, -0.2) is 4.98 Å². The summed E-state index contributed by atoms with van der Waals surface area (Å²) in [6, 6.07) is 18.6. The third-order valence-corrected chi connectivity index (χ3v) is 7.60. The normalized spacial score (nSPS) is 11.8. The van der Waals surface area contributed by atoms with Crippen molar-refractivity contribution < 1.29 is 9.59 Å². The molecule has 0 fully saturated rings. The summed E-state index contributed by atoms with van der Waals surface area (Å²) in [6.07, 6.45) is 1.75. The fraction of sp³-hybridized carbons (Fsp3) is 0.250. The third-order valence-electron chi connectivity index (χ3n) is 5.75. The summed E-state index contributed by atoms with van der Waals surface area (Å²) in [4.78, 5) is 31.3. The predicted octanol–water partition coefficient (Wildman–Crippen LogP) is 5.75. The second-order valence-corrected chi connectivity index (χ2v) is 11.1. The van der Waals surface area contributed by atoms with Gasteiger partial charge >= 0.3 is 0 Å². The van der Waals surface area contributed by atoms with Gasteiger partial charge in [0, 0.05) is 22.5 Å². The Labute approximate surface area is 230 Å². The molecule has 0 saturated carbocycles. The van der Waals surface area contributed by atoms with Crippen molar-refractivity contribution in [2.75, 3.05) is 11.1 Å². The van der Waals surface area contributed by atoms with Crippen molar-refractivity contribution in [3.8, 4) is 11.3 Å². The first kappa shape index (κ1) is 27.3. The SMILES string of the molecule is C=CCn1c(SCC(=O)Nc2nc(-c3ccccc3)c(C)s2)nnc1[C@@H](NC(=O)c1ccccc1)C(C)C. The smallest absolute Gasteiger partial charge is 0.251 e. The van der Waals surface area contributed by atoms with Crippen molar-refractivity contribution in [2.45, 2.75) is 38.5 Å². The number of thioether (sulfide) groups is 1. The number of thiazole rings is 1. The fourth-order valence-electron chi connectivity index (χ4n) is 3.88. The van der Waals surface area contributed by atoms with Crippen LogP contribution in [0.2, 0.25) is 0 Å². The quantitative estimate of drug-likeness (QED) is 0.183. The highest BCUT2D eigenvalue weighted by Crippen LogP contribution is 2.31. The lowest BCUT2D eigenvalue weighted by Gasteiger charge is -2.22. The molecule has 38 heavy (non-hydrogen) atoms. The molecule has 2 heterocycles. The summed E-state index contributed by atoms with van der Waals surface area (Å²) < 4.78 is 1.89. The summed E-state index contributed by atoms with van der Waals surface area (Å²) in [5.41, 5.74) is 2.46. The maximum absolute atomic E-state index is 12.9. The Balaban J connectivity index is 1.45. The predicted molar refractivity (Wildman–Crippen MR) is 153 cm³/mol. The number of hydrogen-bond acceptors (Lipinski definition) is 7. The van der Waals surface area contributed by atoms with E-state index in [1.165, 1.54) is 23.1 Å². The van der Waals surface area contributed by atoms with E-state index >= 15 is 0 Å². The molecule has 0 radical (unpaired) electrons. The number of carbonyl (C=O) groups excluding carboxylic acids is 2. The lowest BCUT2D eigenvalue weighted by atomic mass is 10.0. The van der Waals surface area contributed by atoms with Crippen molar-refractivity contribution >= 4 is 40.0 Å². The monoisotopic (exact) mass is 546 g/mol. The summed E-state index contributed by atoms with van der Waals surface area (Å²) in [5.74, 6) is 0.450. The molecule has 2 N–H and O–H groups in total. The van der Waals surface area contributed by atoms with Crippen LogP contribution < -0.4 is 10.6 Å². The van der Waals surface area contributed by atoms with Crippen molar-refractivity contribution in [1.82, 2.24) is 25.1 Å². The number of aromatic nitrogens is 4. The Morgan fingerprint density at radius 1 is 1.08 bits per heavy atom. The van der Waals surface area contributed by atoms with Gasteiger partial charge in [-0.1, -0.05) is 80.2 Å². The van der Waals surface area contributed by atoms with Gasteiger partial charge in [0.15, 0.2) is 16.1 Å². The van der Waals surface area contributed by atoms with Gasteiger partial charge in [-0.3, -0.25) is 9.59 Å². The van der Waals surface area contributed by atoms with E-state index in [0.29, 0.717) is 28.2 Å². The second-order valence-electron chi connectivity index (χ2n) is 8.93. The van der Waals surface area contributed by atoms with Gasteiger partial charge in [-0.15, -0.1) is 28.1 Å². The number of nitrogens with one attached hydrogen (secondary N) is 2. The maximum atomic E-state index is 12.9. The number of anilines is 1. The van der Waals surface area contributed by atoms with Crippen LogP contribution >= 0.6 is 23.1 Å². The van der Waals surface area contributed by atoms with Gasteiger partial charge < -0.3 is 15.2 Å². The molecule has 1 atom stereocenters. The highest BCUT2D eigenvalue weighted by atomic mass is 32.2. The van der Waals surface area contributed by atoms with E-state index in [9.17, 15) is 9.59 Å². The van der Waals surface area contributed by atoms with E-state index in [1.54, 1.807) is 18.2 Å². The van der Waals surface area contributed by atoms with Crippen molar-refractivity contribution in [3.63, 3.8) is 0 Å². The highest BCUT2D eigenvalue weighted by Gasteiger charge is 2.26. The average Bonchev–Trinajstić information content (AvgIpc) is 3.49. The van der Waals surface area contributed by atoms with E-state index < -0.39 is 0 Å². The number of hydrogen-bond donors (Lipinski definition) is 2. The molecule has 2 amide bonds. The number of carbonyl (C=O) groups is 2. The largest absolute Gasteiger partial charge is 0.342 e. The molecule has 8 nitrogen and oxygen atoms in total. The number of rotatable bonds is 11. The summed E-state index contributed by atoms with van der Waals surface area (Å²) in [5, 5.41) is 15.9. The first-order valence-electron chi connectivity index (χ1n) is 12.2. The van der Waals surface area contributed by atoms with Crippen LogP contribution in [-0.4, -0.2) is 37.3 Å². The lowest BCUT2D eigenvalue weighted by molar-refractivity contribution is -0.113. The molecule has 2 aromatic carbocycles. The first-order valence-corrected chi connectivity index (χ1v) is 14.0. The highest BCUT2D eigenvalue weighted by molar-refractivity contribution is 7.99. The second kappa shape index (κ2) is 12.7. The number of nitrogens with zero attached hydrogens (tertiary/aromatic N) is 4. The number of amides is 2. The summed E-state index contributed by atoms with van der Waals surface area (Å²) in [7, 11) is 0. The molecule has 0 aliphatic carbocycles. The van der Waals surface area contributed by atoms with Crippen LogP contribution in [0.1, 0.15) is 40.9 Å². The minimum absolute atomic E-state index is 0.0588. The van der Waals surface area contributed by atoms with Crippen LogP contribution in [0, 0.1) is 12.8 Å². The van der Waals surface area contributed by atoms with E-state index in [1.807, 2.05) is 73.9 Å². The maximum Gasteiger partial charge on any atom is 0.251 e. The minimum atomic E-state index is -0.368. The van der Waals surface area contributed by atoms with Crippen molar-refractivity contribution in [1.29, 1.82) is 0 Å². The molecule has 0 aliphatic heterocycles. The van der Waals surface area contributed by atoms with Crippen LogP contribution in [0.3, 0.4) is 0 Å². The number of allylic oxidation sites excluding steroid dienone is 1. The minimum Gasteiger partial charge on any atom is -0.342 e. The molecule has 0 spiro atoms. The molecule has 0 unspecified atom stereocenters. The van der Waals surface area contributed by atoms with Gasteiger partial charge in [0.25, 0.3) is 5.91 Å². The van der Waals surface area contributed by atoms with Crippen molar-refractivity contribution in [2.24, 2.45) is 5.92 Å². The molecule has 196 valence electrons. The Bertz CT molecular complexity index is 1400. The zero-order valence-electron chi connectivity index (χ0n) is 21.5. The molecule has 0 aliphatic rings. The van der Waals surface area contributed by atoms with Crippen LogP contribution in [0.15, 0.2) is 78.5 Å². The molecule has 0 bridgehead atoms. The Morgan fingerprint density at radius 2 is 1.76 bits per heavy atom. The molecule has 4 aromatic rings. The Hall–Kier alpha value is -3.76.